The summed E-state index contributed by atoms with van der Waals surface area (Å²) in [5.74, 6) is -0.0554. The first-order valence-corrected chi connectivity index (χ1v) is 7.24. The Bertz CT molecular complexity index is 792. The zero-order chi connectivity index (χ0) is 14.1. The van der Waals surface area contributed by atoms with Gasteiger partial charge in [0.1, 0.15) is 0 Å². The average molecular weight is 282 g/mol. The molecule has 3 aromatic rings. The molecular formula is C16H14N2OS. The summed E-state index contributed by atoms with van der Waals surface area (Å²) in [6.07, 6.45) is 0. The second-order valence-corrected chi connectivity index (χ2v) is 5.58. The fraction of sp³-hybridized carbons (Fsp3) is 0.125. The quantitative estimate of drug-likeness (QED) is 0.764. The number of nitrogens with one attached hydrogen (secondary N) is 1. The fourth-order valence-corrected chi connectivity index (χ4v) is 2.96. The number of hydrogen-bond donors (Lipinski definition) is 1. The molecule has 1 aromatic heterocycles. The van der Waals surface area contributed by atoms with Crippen molar-refractivity contribution in [2.75, 3.05) is 5.32 Å². The van der Waals surface area contributed by atoms with Crippen molar-refractivity contribution in [2.24, 2.45) is 0 Å². The summed E-state index contributed by atoms with van der Waals surface area (Å²) in [6, 6.07) is 12.2. The Morgan fingerprint density at radius 3 is 2.90 bits per heavy atom. The number of carbonyl (C=O) groups excluding carboxylic acids is 1. The van der Waals surface area contributed by atoms with Gasteiger partial charge in [-0.05, 0) is 41.8 Å². The molecule has 0 saturated heterocycles. The number of benzene rings is 2. The van der Waals surface area contributed by atoms with Crippen LogP contribution < -0.4 is 5.32 Å². The molecule has 100 valence electrons. The van der Waals surface area contributed by atoms with Gasteiger partial charge in [0.05, 0.1) is 15.7 Å². The minimum Gasteiger partial charge on any atom is -0.326 e. The number of rotatable bonds is 2. The van der Waals surface area contributed by atoms with Crippen LogP contribution in [0.3, 0.4) is 0 Å². The molecule has 0 aliphatic carbocycles. The molecule has 4 heteroatoms. The lowest BCUT2D eigenvalue weighted by atomic mass is 9.99. The van der Waals surface area contributed by atoms with E-state index >= 15 is 0 Å². The van der Waals surface area contributed by atoms with Crippen molar-refractivity contribution in [3.05, 3.63) is 47.5 Å². The standard InChI is InChI=1S/C16H14N2OS/c1-10-13(4-3-5-14(10)18-11(2)19)12-6-7-16-15(8-12)17-9-20-16/h3-9H,1-2H3,(H,18,19). The van der Waals surface area contributed by atoms with Crippen LogP contribution in [0.15, 0.2) is 41.9 Å². The van der Waals surface area contributed by atoms with E-state index in [0.717, 1.165) is 27.9 Å². The number of hydrogen-bond acceptors (Lipinski definition) is 3. The fourth-order valence-electron chi connectivity index (χ4n) is 2.30. The Hall–Kier alpha value is -2.20. The van der Waals surface area contributed by atoms with Crippen LogP contribution in [-0.2, 0) is 4.79 Å². The summed E-state index contributed by atoms with van der Waals surface area (Å²) < 4.78 is 1.18. The molecule has 0 spiro atoms. The predicted octanol–water partition coefficient (Wildman–Crippen LogP) is 4.23. The molecular weight excluding hydrogens is 268 g/mol. The SMILES string of the molecule is CC(=O)Nc1cccc(-c2ccc3scnc3c2)c1C. The molecule has 0 aliphatic heterocycles. The Morgan fingerprint density at radius 2 is 2.10 bits per heavy atom. The van der Waals surface area contributed by atoms with Crippen LogP contribution in [0.25, 0.3) is 21.3 Å². The molecule has 1 N–H and O–H groups in total. The average Bonchev–Trinajstić information content (AvgIpc) is 2.88. The van der Waals surface area contributed by atoms with Crippen LogP contribution in [-0.4, -0.2) is 10.9 Å². The maximum atomic E-state index is 11.2. The highest BCUT2D eigenvalue weighted by Crippen LogP contribution is 2.31. The van der Waals surface area contributed by atoms with Crippen molar-refractivity contribution in [3.63, 3.8) is 0 Å². The summed E-state index contributed by atoms with van der Waals surface area (Å²) >= 11 is 1.64. The maximum absolute atomic E-state index is 11.2. The van der Waals surface area contributed by atoms with Crippen LogP contribution in [0, 0.1) is 6.92 Å². The van der Waals surface area contributed by atoms with Crippen LogP contribution in [0.4, 0.5) is 5.69 Å². The lowest BCUT2D eigenvalue weighted by molar-refractivity contribution is -0.114. The van der Waals surface area contributed by atoms with Crippen molar-refractivity contribution in [2.45, 2.75) is 13.8 Å². The highest BCUT2D eigenvalue weighted by Gasteiger charge is 2.08. The van der Waals surface area contributed by atoms with Crippen LogP contribution >= 0.6 is 11.3 Å². The highest BCUT2D eigenvalue weighted by molar-refractivity contribution is 7.16. The minimum absolute atomic E-state index is 0.0554. The van der Waals surface area contributed by atoms with E-state index < -0.39 is 0 Å². The Morgan fingerprint density at radius 1 is 1.25 bits per heavy atom. The van der Waals surface area contributed by atoms with E-state index in [1.807, 2.05) is 24.6 Å². The monoisotopic (exact) mass is 282 g/mol. The normalized spacial score (nSPS) is 10.7. The van der Waals surface area contributed by atoms with E-state index in [9.17, 15) is 4.79 Å². The van der Waals surface area contributed by atoms with E-state index in [1.165, 1.54) is 11.6 Å². The molecule has 0 aliphatic rings. The predicted molar refractivity (Wildman–Crippen MR) is 84.1 cm³/mol. The van der Waals surface area contributed by atoms with Gasteiger partial charge in [0, 0.05) is 12.6 Å². The summed E-state index contributed by atoms with van der Waals surface area (Å²) in [5, 5.41) is 2.86. The van der Waals surface area contributed by atoms with Gasteiger partial charge in [-0.25, -0.2) is 4.98 Å². The zero-order valence-electron chi connectivity index (χ0n) is 11.3. The molecule has 3 nitrogen and oxygen atoms in total. The van der Waals surface area contributed by atoms with E-state index in [2.05, 4.69) is 34.6 Å². The van der Waals surface area contributed by atoms with E-state index in [1.54, 1.807) is 11.3 Å². The number of carbonyl (C=O) groups is 1. The van der Waals surface area contributed by atoms with Crippen molar-refractivity contribution in [1.29, 1.82) is 0 Å². The van der Waals surface area contributed by atoms with E-state index in [-0.39, 0.29) is 5.91 Å². The molecule has 0 atom stereocenters. The van der Waals surface area contributed by atoms with Crippen LogP contribution in [0.2, 0.25) is 0 Å². The molecule has 0 radical (unpaired) electrons. The summed E-state index contributed by atoms with van der Waals surface area (Å²) in [4.78, 5) is 15.6. The molecule has 0 fully saturated rings. The number of anilines is 1. The maximum Gasteiger partial charge on any atom is 0.221 e. The van der Waals surface area contributed by atoms with Crippen LogP contribution in [0.5, 0.6) is 0 Å². The number of aromatic nitrogens is 1. The van der Waals surface area contributed by atoms with Gasteiger partial charge >= 0.3 is 0 Å². The molecule has 0 bridgehead atoms. The molecule has 1 heterocycles. The topological polar surface area (TPSA) is 42.0 Å². The van der Waals surface area contributed by atoms with Crippen molar-refractivity contribution in [1.82, 2.24) is 4.98 Å². The lowest BCUT2D eigenvalue weighted by Crippen LogP contribution is -2.07. The van der Waals surface area contributed by atoms with Crippen molar-refractivity contribution in [3.8, 4) is 11.1 Å². The Kier molecular flexibility index (Phi) is 3.24. The summed E-state index contributed by atoms with van der Waals surface area (Å²) in [5.41, 5.74) is 7.02. The first-order valence-electron chi connectivity index (χ1n) is 6.36. The molecule has 20 heavy (non-hydrogen) atoms. The van der Waals surface area contributed by atoms with Gasteiger partial charge in [-0.15, -0.1) is 11.3 Å². The van der Waals surface area contributed by atoms with Crippen molar-refractivity contribution < 1.29 is 4.79 Å². The second kappa shape index (κ2) is 5.06. The largest absolute Gasteiger partial charge is 0.326 e. The third-order valence-corrected chi connectivity index (χ3v) is 4.10. The van der Waals surface area contributed by atoms with Gasteiger partial charge in [-0.3, -0.25) is 4.79 Å². The first-order chi connectivity index (χ1) is 9.65. The van der Waals surface area contributed by atoms with E-state index in [4.69, 9.17) is 0 Å². The molecule has 1 amide bonds. The Balaban J connectivity index is 2.11. The third kappa shape index (κ3) is 2.30. The highest BCUT2D eigenvalue weighted by atomic mass is 32.1. The Labute approximate surface area is 121 Å². The summed E-state index contributed by atoms with van der Waals surface area (Å²) in [7, 11) is 0. The van der Waals surface area contributed by atoms with Gasteiger partial charge in [0.2, 0.25) is 5.91 Å². The minimum atomic E-state index is -0.0554. The summed E-state index contributed by atoms with van der Waals surface area (Å²) in [6.45, 7) is 3.54. The molecule has 3 rings (SSSR count). The van der Waals surface area contributed by atoms with Gasteiger partial charge in [-0.1, -0.05) is 18.2 Å². The number of fused-ring (bicyclic) bond motifs is 1. The van der Waals surface area contributed by atoms with Gasteiger partial charge in [0.15, 0.2) is 0 Å². The van der Waals surface area contributed by atoms with Crippen LogP contribution in [0.1, 0.15) is 12.5 Å². The number of amides is 1. The van der Waals surface area contributed by atoms with E-state index in [0.29, 0.717) is 0 Å². The second-order valence-electron chi connectivity index (χ2n) is 4.69. The molecule has 2 aromatic carbocycles. The van der Waals surface area contributed by atoms with Gasteiger partial charge < -0.3 is 5.32 Å². The molecule has 0 unspecified atom stereocenters. The van der Waals surface area contributed by atoms with Gasteiger partial charge in [-0.2, -0.15) is 0 Å². The zero-order valence-corrected chi connectivity index (χ0v) is 12.1. The molecule has 0 saturated carbocycles. The third-order valence-electron chi connectivity index (χ3n) is 3.29. The smallest absolute Gasteiger partial charge is 0.221 e. The van der Waals surface area contributed by atoms with Gasteiger partial charge in [0.25, 0.3) is 0 Å². The number of nitrogens with zero attached hydrogens (tertiary/aromatic N) is 1. The lowest BCUT2D eigenvalue weighted by Gasteiger charge is -2.11. The van der Waals surface area contributed by atoms with Crippen molar-refractivity contribution >= 4 is 33.1 Å². The number of thiazole rings is 1. The first kappa shape index (κ1) is 12.8.